The molecule has 108 valence electrons. The molecule has 1 aliphatic rings. The second-order valence-electron chi connectivity index (χ2n) is 5.94. The van der Waals surface area contributed by atoms with E-state index in [0.717, 1.165) is 5.56 Å². The molecule has 1 N–H and O–H groups in total. The minimum atomic E-state index is -0.716. The number of esters is 1. The smallest absolute Gasteiger partial charge is 0.329 e. The number of rotatable bonds is 2. The number of carbonyl (C=O) groups excluding carboxylic acids is 2. The number of hydrogen-bond donors (Lipinski definition) is 1. The van der Waals surface area contributed by atoms with Crippen molar-refractivity contribution in [1.82, 2.24) is 5.32 Å². The van der Waals surface area contributed by atoms with Gasteiger partial charge in [-0.2, -0.15) is 0 Å². The Labute approximate surface area is 117 Å². The normalized spacial score (nSPS) is 22.5. The first-order valence-corrected chi connectivity index (χ1v) is 6.54. The van der Waals surface area contributed by atoms with Crippen molar-refractivity contribution in [1.29, 1.82) is 0 Å². The van der Waals surface area contributed by atoms with Gasteiger partial charge in [-0.15, -0.1) is 0 Å². The van der Waals surface area contributed by atoms with E-state index in [1.54, 1.807) is 32.9 Å². The zero-order valence-corrected chi connectivity index (χ0v) is 11.8. The topological polar surface area (TPSA) is 55.4 Å². The summed E-state index contributed by atoms with van der Waals surface area (Å²) in [6, 6.07) is 5.12. The van der Waals surface area contributed by atoms with Gasteiger partial charge in [0.1, 0.15) is 17.5 Å². The summed E-state index contributed by atoms with van der Waals surface area (Å²) in [7, 11) is 0. The van der Waals surface area contributed by atoms with E-state index < -0.39 is 17.6 Å². The highest BCUT2D eigenvalue weighted by atomic mass is 19.1. The van der Waals surface area contributed by atoms with Crippen molar-refractivity contribution in [3.8, 4) is 0 Å². The van der Waals surface area contributed by atoms with Crippen LogP contribution in [0.5, 0.6) is 0 Å². The SMILES string of the molecule is CC(C)(C)OC(=O)[C@@H]1NC(=O)C[C@H]1c1ccc(F)cc1. The van der Waals surface area contributed by atoms with E-state index >= 15 is 0 Å². The Kier molecular flexibility index (Phi) is 3.79. The molecule has 1 aliphatic heterocycles. The molecular formula is C15H18FNO3. The summed E-state index contributed by atoms with van der Waals surface area (Å²) < 4.78 is 18.3. The van der Waals surface area contributed by atoms with E-state index in [4.69, 9.17) is 4.74 Å². The Hall–Kier alpha value is -1.91. The molecule has 1 aromatic carbocycles. The third kappa shape index (κ3) is 3.35. The highest BCUT2D eigenvalue weighted by Gasteiger charge is 2.40. The maximum Gasteiger partial charge on any atom is 0.329 e. The van der Waals surface area contributed by atoms with Crippen LogP contribution in [0.2, 0.25) is 0 Å². The lowest BCUT2D eigenvalue weighted by Crippen LogP contribution is -2.41. The molecule has 20 heavy (non-hydrogen) atoms. The summed E-state index contributed by atoms with van der Waals surface area (Å²) in [5.74, 6) is -1.33. The lowest BCUT2D eigenvalue weighted by molar-refractivity contribution is -0.157. The third-order valence-corrected chi connectivity index (χ3v) is 3.08. The first-order chi connectivity index (χ1) is 9.26. The van der Waals surface area contributed by atoms with Gasteiger partial charge in [-0.1, -0.05) is 12.1 Å². The molecule has 0 unspecified atom stereocenters. The number of amides is 1. The van der Waals surface area contributed by atoms with Crippen molar-refractivity contribution < 1.29 is 18.7 Å². The molecule has 2 atom stereocenters. The summed E-state index contributed by atoms with van der Waals surface area (Å²) in [4.78, 5) is 23.7. The molecule has 0 radical (unpaired) electrons. The molecule has 0 saturated carbocycles. The molecule has 5 heteroatoms. The van der Waals surface area contributed by atoms with Crippen LogP contribution in [-0.2, 0) is 14.3 Å². The zero-order valence-electron chi connectivity index (χ0n) is 11.8. The highest BCUT2D eigenvalue weighted by molar-refractivity contribution is 5.90. The molecule has 2 rings (SSSR count). The average Bonchev–Trinajstić information content (AvgIpc) is 2.70. The maximum absolute atomic E-state index is 13.0. The summed E-state index contributed by atoms with van der Waals surface area (Å²) in [6.45, 7) is 5.32. The Morgan fingerprint density at radius 1 is 1.30 bits per heavy atom. The molecule has 1 saturated heterocycles. The van der Waals surface area contributed by atoms with Crippen LogP contribution in [0.15, 0.2) is 24.3 Å². The number of benzene rings is 1. The molecule has 0 bridgehead atoms. The average molecular weight is 279 g/mol. The maximum atomic E-state index is 13.0. The van der Waals surface area contributed by atoms with Gasteiger partial charge in [-0.25, -0.2) is 9.18 Å². The quantitative estimate of drug-likeness (QED) is 0.844. The molecule has 0 spiro atoms. The number of carbonyl (C=O) groups is 2. The summed E-state index contributed by atoms with van der Waals surface area (Å²) in [5, 5.41) is 2.63. The van der Waals surface area contributed by atoms with Crippen LogP contribution in [0.3, 0.4) is 0 Å². The van der Waals surface area contributed by atoms with Crippen molar-refractivity contribution in [3.05, 3.63) is 35.6 Å². The van der Waals surface area contributed by atoms with E-state index in [2.05, 4.69) is 5.32 Å². The van der Waals surface area contributed by atoms with Gasteiger partial charge in [0.2, 0.25) is 5.91 Å². The summed E-state index contributed by atoms with van der Waals surface area (Å²) in [6.07, 6.45) is 0.204. The van der Waals surface area contributed by atoms with Gasteiger partial charge in [-0.3, -0.25) is 4.79 Å². The Morgan fingerprint density at radius 2 is 1.90 bits per heavy atom. The van der Waals surface area contributed by atoms with Crippen LogP contribution in [0.25, 0.3) is 0 Å². The predicted molar refractivity (Wildman–Crippen MR) is 71.5 cm³/mol. The van der Waals surface area contributed by atoms with Crippen LogP contribution < -0.4 is 5.32 Å². The molecular weight excluding hydrogens is 261 g/mol. The standard InChI is InChI=1S/C15H18FNO3/c1-15(2,3)20-14(19)13-11(8-12(18)17-13)9-4-6-10(16)7-5-9/h4-7,11,13H,8H2,1-3H3,(H,17,18)/t11-,13+/m0/s1. The van der Waals surface area contributed by atoms with Crippen LogP contribution in [-0.4, -0.2) is 23.5 Å². The van der Waals surface area contributed by atoms with Crippen LogP contribution in [0.4, 0.5) is 4.39 Å². The lowest BCUT2D eigenvalue weighted by atomic mass is 9.92. The molecule has 1 amide bonds. The Balaban J connectivity index is 2.20. The molecule has 1 heterocycles. The lowest BCUT2D eigenvalue weighted by Gasteiger charge is -2.24. The highest BCUT2D eigenvalue weighted by Crippen LogP contribution is 2.30. The number of hydrogen-bond acceptors (Lipinski definition) is 3. The minimum absolute atomic E-state index is 0.199. The third-order valence-electron chi connectivity index (χ3n) is 3.08. The van der Waals surface area contributed by atoms with Crippen molar-refractivity contribution in [3.63, 3.8) is 0 Å². The van der Waals surface area contributed by atoms with Crippen molar-refractivity contribution >= 4 is 11.9 Å². The predicted octanol–water partition coefficient (Wildman–Crippen LogP) is 2.14. The first-order valence-electron chi connectivity index (χ1n) is 6.54. The van der Waals surface area contributed by atoms with E-state index in [1.807, 2.05) is 0 Å². The molecule has 4 nitrogen and oxygen atoms in total. The summed E-state index contributed by atoms with van der Waals surface area (Å²) in [5.41, 5.74) is 0.137. The van der Waals surface area contributed by atoms with Gasteiger partial charge < -0.3 is 10.1 Å². The largest absolute Gasteiger partial charge is 0.458 e. The van der Waals surface area contributed by atoms with E-state index in [1.165, 1.54) is 12.1 Å². The molecule has 1 aromatic rings. The van der Waals surface area contributed by atoms with Crippen LogP contribution in [0.1, 0.15) is 38.7 Å². The van der Waals surface area contributed by atoms with Gasteiger partial charge in [0.05, 0.1) is 0 Å². The second-order valence-corrected chi connectivity index (χ2v) is 5.94. The Morgan fingerprint density at radius 3 is 2.45 bits per heavy atom. The van der Waals surface area contributed by atoms with Crippen LogP contribution >= 0.6 is 0 Å². The molecule has 0 aliphatic carbocycles. The fraction of sp³-hybridized carbons (Fsp3) is 0.467. The number of ether oxygens (including phenoxy) is 1. The van der Waals surface area contributed by atoms with Gasteiger partial charge in [0.15, 0.2) is 0 Å². The van der Waals surface area contributed by atoms with Gasteiger partial charge in [0.25, 0.3) is 0 Å². The van der Waals surface area contributed by atoms with Gasteiger partial charge >= 0.3 is 5.97 Å². The minimum Gasteiger partial charge on any atom is -0.458 e. The zero-order chi connectivity index (χ0) is 14.9. The van der Waals surface area contributed by atoms with E-state index in [9.17, 15) is 14.0 Å². The first kappa shape index (κ1) is 14.5. The fourth-order valence-electron chi connectivity index (χ4n) is 2.26. The number of nitrogens with one attached hydrogen (secondary N) is 1. The number of halogens is 1. The van der Waals surface area contributed by atoms with Crippen molar-refractivity contribution in [2.75, 3.05) is 0 Å². The van der Waals surface area contributed by atoms with Gasteiger partial charge in [0, 0.05) is 12.3 Å². The Bertz CT molecular complexity index is 519. The monoisotopic (exact) mass is 279 g/mol. The van der Waals surface area contributed by atoms with Crippen molar-refractivity contribution in [2.24, 2.45) is 0 Å². The van der Waals surface area contributed by atoms with Crippen molar-refractivity contribution in [2.45, 2.75) is 44.8 Å². The second kappa shape index (κ2) is 5.23. The van der Waals surface area contributed by atoms with Gasteiger partial charge in [-0.05, 0) is 38.5 Å². The van der Waals surface area contributed by atoms with Crippen LogP contribution in [0, 0.1) is 5.82 Å². The van der Waals surface area contributed by atoms with E-state index in [0.29, 0.717) is 0 Å². The molecule has 1 fully saturated rings. The summed E-state index contributed by atoms with van der Waals surface area (Å²) >= 11 is 0. The fourth-order valence-corrected chi connectivity index (χ4v) is 2.26. The molecule has 0 aromatic heterocycles. The van der Waals surface area contributed by atoms with E-state index in [-0.39, 0.29) is 24.1 Å².